The molecule has 0 saturated carbocycles. The van der Waals surface area contributed by atoms with Gasteiger partial charge in [0, 0.05) is 0 Å². The number of rotatable bonds is 4. The lowest BCUT2D eigenvalue weighted by atomic mass is 10.1. The summed E-state index contributed by atoms with van der Waals surface area (Å²) in [5, 5.41) is 35.6. The van der Waals surface area contributed by atoms with Crippen LogP contribution in [0, 0.1) is 0 Å². The Hall–Kier alpha value is -1.55. The molecule has 2 unspecified atom stereocenters. The van der Waals surface area contributed by atoms with Crippen molar-refractivity contribution in [2.24, 2.45) is 0 Å². The van der Waals surface area contributed by atoms with Gasteiger partial charge in [-0.2, -0.15) is 0 Å². The molecule has 9 heteroatoms. The molecule has 0 spiro atoms. The molecule has 0 radical (unpaired) electrons. The summed E-state index contributed by atoms with van der Waals surface area (Å²) in [5.74, 6) is -8.15. The standard InChI is InChI=1S/C7H8O9/c8-1-2(9)3(10)4(11)7(14)15-5(12)6(13)16-7/h2-3,8-10,14H,1H2. The Morgan fingerprint density at radius 2 is 1.69 bits per heavy atom. The molecule has 1 aliphatic rings. The van der Waals surface area contributed by atoms with Crippen LogP contribution in [0.2, 0.25) is 0 Å². The van der Waals surface area contributed by atoms with E-state index in [4.69, 9.17) is 15.3 Å². The first kappa shape index (κ1) is 12.5. The van der Waals surface area contributed by atoms with E-state index in [2.05, 4.69) is 9.47 Å². The number of cyclic esters (lactones) is 2. The minimum absolute atomic E-state index is 0.981. The number of ketones is 1. The van der Waals surface area contributed by atoms with Crippen LogP contribution in [0.4, 0.5) is 0 Å². The third kappa shape index (κ3) is 2.02. The van der Waals surface area contributed by atoms with Gasteiger partial charge in [-0.05, 0) is 0 Å². The lowest BCUT2D eigenvalue weighted by Gasteiger charge is -2.21. The predicted molar refractivity (Wildman–Crippen MR) is 41.2 cm³/mol. The van der Waals surface area contributed by atoms with Crippen molar-refractivity contribution in [1.82, 2.24) is 0 Å². The van der Waals surface area contributed by atoms with E-state index in [1.54, 1.807) is 0 Å². The Balaban J connectivity index is 2.82. The van der Waals surface area contributed by atoms with Gasteiger partial charge in [0.1, 0.15) is 6.10 Å². The lowest BCUT2D eigenvalue weighted by molar-refractivity contribution is -0.278. The first-order chi connectivity index (χ1) is 7.31. The third-order valence-electron chi connectivity index (χ3n) is 1.76. The second kappa shape index (κ2) is 4.14. The van der Waals surface area contributed by atoms with Crippen molar-refractivity contribution >= 4 is 17.7 Å². The second-order valence-electron chi connectivity index (χ2n) is 2.92. The fourth-order valence-electron chi connectivity index (χ4n) is 0.918. The minimum Gasteiger partial charge on any atom is -0.394 e. The fraction of sp³-hybridized carbons (Fsp3) is 0.571. The van der Waals surface area contributed by atoms with Gasteiger partial charge in [0.15, 0.2) is 6.10 Å². The zero-order chi connectivity index (χ0) is 12.5. The van der Waals surface area contributed by atoms with Gasteiger partial charge in [-0.3, -0.25) is 4.79 Å². The van der Waals surface area contributed by atoms with Crippen LogP contribution in [0.25, 0.3) is 0 Å². The monoisotopic (exact) mass is 236 g/mol. The van der Waals surface area contributed by atoms with E-state index >= 15 is 0 Å². The van der Waals surface area contributed by atoms with Crippen molar-refractivity contribution in [1.29, 1.82) is 0 Å². The normalized spacial score (nSPS) is 22.2. The summed E-state index contributed by atoms with van der Waals surface area (Å²) < 4.78 is 7.76. The van der Waals surface area contributed by atoms with Gasteiger partial charge in [0.2, 0.25) is 0 Å². The summed E-state index contributed by atoms with van der Waals surface area (Å²) >= 11 is 0. The molecule has 1 heterocycles. The summed E-state index contributed by atoms with van der Waals surface area (Å²) in [4.78, 5) is 32.3. The predicted octanol–water partition coefficient (Wildman–Crippen LogP) is -3.98. The number of hydrogen-bond acceptors (Lipinski definition) is 9. The van der Waals surface area contributed by atoms with E-state index in [9.17, 15) is 19.5 Å². The highest BCUT2D eigenvalue weighted by molar-refractivity contribution is 6.32. The molecule has 4 N–H and O–H groups in total. The number of aliphatic hydroxyl groups is 4. The Kier molecular flexibility index (Phi) is 3.24. The van der Waals surface area contributed by atoms with Crippen molar-refractivity contribution in [2.45, 2.75) is 18.2 Å². The first-order valence-corrected chi connectivity index (χ1v) is 4.02. The van der Waals surface area contributed by atoms with Crippen molar-refractivity contribution < 1.29 is 44.3 Å². The van der Waals surface area contributed by atoms with Gasteiger partial charge in [0.25, 0.3) is 5.78 Å². The molecule has 9 nitrogen and oxygen atoms in total. The summed E-state index contributed by atoms with van der Waals surface area (Å²) in [7, 11) is 0. The summed E-state index contributed by atoms with van der Waals surface area (Å²) in [6.07, 6.45) is -4.18. The Morgan fingerprint density at radius 1 is 1.25 bits per heavy atom. The van der Waals surface area contributed by atoms with Crippen LogP contribution in [0.1, 0.15) is 0 Å². The summed E-state index contributed by atoms with van der Waals surface area (Å²) in [5.41, 5.74) is 0. The quantitative estimate of drug-likeness (QED) is 0.283. The highest BCUT2D eigenvalue weighted by Crippen LogP contribution is 2.21. The van der Waals surface area contributed by atoms with Crippen LogP contribution in [-0.2, 0) is 23.9 Å². The van der Waals surface area contributed by atoms with Gasteiger partial charge in [0.05, 0.1) is 6.61 Å². The average Bonchev–Trinajstić information content (AvgIpc) is 2.50. The number of Topliss-reactive ketones (excluding diaryl/α,β-unsaturated/α-hetero) is 1. The molecule has 16 heavy (non-hydrogen) atoms. The van der Waals surface area contributed by atoms with E-state index in [0.29, 0.717) is 0 Å². The number of aliphatic hydroxyl groups excluding tert-OH is 3. The van der Waals surface area contributed by atoms with Gasteiger partial charge >= 0.3 is 17.9 Å². The van der Waals surface area contributed by atoms with Gasteiger partial charge in [-0.15, -0.1) is 0 Å². The van der Waals surface area contributed by atoms with Crippen molar-refractivity contribution in [3.8, 4) is 0 Å². The first-order valence-electron chi connectivity index (χ1n) is 4.02. The number of ether oxygens (including phenoxy) is 2. The Morgan fingerprint density at radius 3 is 2.06 bits per heavy atom. The van der Waals surface area contributed by atoms with Gasteiger partial charge in [-0.25, -0.2) is 9.59 Å². The number of esters is 2. The minimum atomic E-state index is -3.26. The largest absolute Gasteiger partial charge is 0.441 e. The molecule has 0 amide bonds. The highest BCUT2D eigenvalue weighted by atomic mass is 16.9. The Labute approximate surface area is 87.8 Å². The van der Waals surface area contributed by atoms with Crippen molar-refractivity contribution in [3.05, 3.63) is 0 Å². The molecule has 0 aromatic carbocycles. The zero-order valence-corrected chi connectivity index (χ0v) is 7.69. The fourth-order valence-corrected chi connectivity index (χ4v) is 0.918. The molecular formula is C7H8O9. The Bertz CT molecular complexity index is 319. The van der Waals surface area contributed by atoms with Gasteiger partial charge in [-0.1, -0.05) is 0 Å². The van der Waals surface area contributed by atoms with Crippen LogP contribution < -0.4 is 0 Å². The summed E-state index contributed by atoms with van der Waals surface area (Å²) in [6, 6.07) is 0. The smallest absolute Gasteiger partial charge is 0.394 e. The molecule has 1 aliphatic heterocycles. The van der Waals surface area contributed by atoms with E-state index < -0.39 is 42.5 Å². The molecule has 1 rings (SSSR count). The molecule has 0 bridgehead atoms. The van der Waals surface area contributed by atoms with Crippen molar-refractivity contribution in [2.75, 3.05) is 6.61 Å². The van der Waals surface area contributed by atoms with Crippen LogP contribution in [0.15, 0.2) is 0 Å². The molecular weight excluding hydrogens is 228 g/mol. The lowest BCUT2D eigenvalue weighted by Crippen LogP contribution is -2.51. The van der Waals surface area contributed by atoms with E-state index in [0.717, 1.165) is 0 Å². The van der Waals surface area contributed by atoms with Crippen LogP contribution >= 0.6 is 0 Å². The number of carbonyl (C=O) groups is 3. The van der Waals surface area contributed by atoms with Gasteiger partial charge < -0.3 is 29.9 Å². The highest BCUT2D eigenvalue weighted by Gasteiger charge is 2.56. The maximum absolute atomic E-state index is 11.2. The van der Waals surface area contributed by atoms with Crippen molar-refractivity contribution in [3.63, 3.8) is 0 Å². The maximum atomic E-state index is 11.2. The molecule has 1 saturated heterocycles. The topological polar surface area (TPSA) is 151 Å². The van der Waals surface area contributed by atoms with E-state index in [1.807, 2.05) is 0 Å². The van der Waals surface area contributed by atoms with E-state index in [-0.39, 0.29) is 0 Å². The average molecular weight is 236 g/mol. The molecule has 90 valence electrons. The van der Waals surface area contributed by atoms with Crippen LogP contribution in [-0.4, -0.2) is 62.9 Å². The van der Waals surface area contributed by atoms with Crippen LogP contribution in [0.5, 0.6) is 0 Å². The van der Waals surface area contributed by atoms with E-state index in [1.165, 1.54) is 0 Å². The van der Waals surface area contributed by atoms with Crippen LogP contribution in [0.3, 0.4) is 0 Å². The number of carbonyl (C=O) groups excluding carboxylic acids is 3. The molecule has 0 aromatic heterocycles. The maximum Gasteiger partial charge on any atom is 0.441 e. The number of hydrogen-bond donors (Lipinski definition) is 4. The molecule has 0 aromatic rings. The summed E-state index contributed by atoms with van der Waals surface area (Å²) in [6.45, 7) is -0.981. The second-order valence-corrected chi connectivity index (χ2v) is 2.92. The molecule has 1 fully saturated rings. The third-order valence-corrected chi connectivity index (χ3v) is 1.76. The SMILES string of the molecule is O=C1OC(O)(C(=O)C(O)C(O)CO)OC1=O. The zero-order valence-electron chi connectivity index (χ0n) is 7.69. The molecule has 2 atom stereocenters. The molecule has 0 aliphatic carbocycles.